The van der Waals surface area contributed by atoms with Crippen molar-refractivity contribution in [1.82, 2.24) is 0 Å². The Morgan fingerprint density at radius 3 is 2.19 bits per heavy atom. The molecule has 1 N–H and O–H groups in total. The highest BCUT2D eigenvalue weighted by Crippen LogP contribution is 2.24. The predicted molar refractivity (Wildman–Crippen MR) is 105 cm³/mol. The number of hydrogen-bond donors (Lipinski definition) is 1. The van der Waals surface area contributed by atoms with Crippen LogP contribution in [-0.2, 0) is 0 Å². The molecule has 138 valence electrons. The molecule has 27 heavy (non-hydrogen) atoms. The Morgan fingerprint density at radius 2 is 1.48 bits per heavy atom. The fourth-order valence-electron chi connectivity index (χ4n) is 2.62. The summed E-state index contributed by atoms with van der Waals surface area (Å²) in [6.07, 6.45) is 1.32. The first-order valence-corrected chi connectivity index (χ1v) is 8.56. The first-order valence-electron chi connectivity index (χ1n) is 8.56. The maximum absolute atomic E-state index is 8.75. The minimum Gasteiger partial charge on any atom is -0.497 e. The largest absolute Gasteiger partial charge is 0.497 e. The quantitative estimate of drug-likeness (QED) is 0.274. The fourth-order valence-corrected chi connectivity index (χ4v) is 2.62. The highest BCUT2D eigenvalue weighted by Gasteiger charge is 2.05. The highest BCUT2D eigenvalue weighted by atomic mass is 16.5. The molecular formula is C22H21NO4. The van der Waals surface area contributed by atoms with E-state index >= 15 is 0 Å². The Kier molecular flexibility index (Phi) is 6.30. The van der Waals surface area contributed by atoms with Gasteiger partial charge in [-0.1, -0.05) is 47.6 Å². The third kappa shape index (κ3) is 5.01. The predicted octanol–water partition coefficient (Wildman–Crippen LogP) is 4.63. The third-order valence-corrected chi connectivity index (χ3v) is 3.99. The van der Waals surface area contributed by atoms with Crippen LogP contribution in [-0.4, -0.2) is 31.7 Å². The molecule has 0 aliphatic heterocycles. The number of hydrogen-bond acceptors (Lipinski definition) is 5. The van der Waals surface area contributed by atoms with Gasteiger partial charge in [0.2, 0.25) is 0 Å². The summed E-state index contributed by atoms with van der Waals surface area (Å²) >= 11 is 0. The van der Waals surface area contributed by atoms with Crippen LogP contribution in [0.1, 0.15) is 5.56 Å². The number of oxime groups is 1. The second kappa shape index (κ2) is 9.29. The van der Waals surface area contributed by atoms with E-state index in [1.54, 1.807) is 25.3 Å². The van der Waals surface area contributed by atoms with Crippen LogP contribution in [0.4, 0.5) is 0 Å². The number of ether oxygens (including phenoxy) is 3. The van der Waals surface area contributed by atoms with E-state index in [-0.39, 0.29) is 0 Å². The van der Waals surface area contributed by atoms with Crippen molar-refractivity contribution in [2.45, 2.75) is 0 Å². The zero-order valence-electron chi connectivity index (χ0n) is 15.0. The van der Waals surface area contributed by atoms with Gasteiger partial charge >= 0.3 is 0 Å². The summed E-state index contributed by atoms with van der Waals surface area (Å²) in [5, 5.41) is 11.8. The average molecular weight is 363 g/mol. The number of benzene rings is 3. The molecule has 0 spiro atoms. The zero-order valence-corrected chi connectivity index (χ0v) is 15.0. The molecule has 0 aliphatic rings. The van der Waals surface area contributed by atoms with Crippen LogP contribution in [0.25, 0.3) is 11.1 Å². The van der Waals surface area contributed by atoms with Gasteiger partial charge in [-0.3, -0.25) is 0 Å². The van der Waals surface area contributed by atoms with Crippen molar-refractivity contribution < 1.29 is 19.4 Å². The summed E-state index contributed by atoms with van der Waals surface area (Å²) in [5.41, 5.74) is 2.97. The Labute approximate surface area is 158 Å². The van der Waals surface area contributed by atoms with Crippen LogP contribution in [0.5, 0.6) is 17.2 Å². The van der Waals surface area contributed by atoms with Crippen LogP contribution in [0.15, 0.2) is 78.0 Å². The van der Waals surface area contributed by atoms with Crippen LogP contribution < -0.4 is 14.2 Å². The van der Waals surface area contributed by atoms with Crippen molar-refractivity contribution in [1.29, 1.82) is 0 Å². The molecular weight excluding hydrogens is 342 g/mol. The van der Waals surface area contributed by atoms with Gasteiger partial charge < -0.3 is 19.4 Å². The lowest BCUT2D eigenvalue weighted by Gasteiger charge is -2.12. The van der Waals surface area contributed by atoms with Gasteiger partial charge in [0, 0.05) is 11.6 Å². The maximum Gasteiger partial charge on any atom is 0.132 e. The lowest BCUT2D eigenvalue weighted by molar-refractivity contribution is 0.216. The molecule has 0 heterocycles. The Bertz CT molecular complexity index is 877. The molecule has 5 heteroatoms. The molecule has 0 amide bonds. The van der Waals surface area contributed by atoms with Crippen molar-refractivity contribution in [3.8, 4) is 28.4 Å². The van der Waals surface area contributed by atoms with E-state index in [4.69, 9.17) is 19.4 Å². The minimum absolute atomic E-state index is 0.347. The SMILES string of the molecule is COc1ccc(C=NO)c(OCCOc2ccc(-c3ccccc3)cc2)c1. The molecule has 0 atom stereocenters. The summed E-state index contributed by atoms with van der Waals surface area (Å²) < 4.78 is 16.7. The lowest BCUT2D eigenvalue weighted by atomic mass is 10.1. The Morgan fingerprint density at radius 1 is 0.815 bits per heavy atom. The Hall–Kier alpha value is -3.47. The van der Waals surface area contributed by atoms with E-state index < -0.39 is 0 Å². The van der Waals surface area contributed by atoms with Gasteiger partial charge in [0.1, 0.15) is 30.5 Å². The van der Waals surface area contributed by atoms with Crippen molar-refractivity contribution in [2.24, 2.45) is 5.16 Å². The van der Waals surface area contributed by atoms with Crippen LogP contribution in [0, 0.1) is 0 Å². The summed E-state index contributed by atoms with van der Waals surface area (Å²) in [6.45, 7) is 0.734. The summed E-state index contributed by atoms with van der Waals surface area (Å²) in [7, 11) is 1.58. The van der Waals surface area contributed by atoms with E-state index in [1.165, 1.54) is 11.8 Å². The molecule has 0 fully saturated rings. The molecule has 0 aliphatic carbocycles. The van der Waals surface area contributed by atoms with Crippen LogP contribution >= 0.6 is 0 Å². The van der Waals surface area contributed by atoms with Crippen LogP contribution in [0.3, 0.4) is 0 Å². The molecule has 0 saturated heterocycles. The van der Waals surface area contributed by atoms with Gasteiger partial charge in [-0.25, -0.2) is 0 Å². The lowest BCUT2D eigenvalue weighted by Crippen LogP contribution is -2.10. The molecule has 0 radical (unpaired) electrons. The summed E-state index contributed by atoms with van der Waals surface area (Å²) in [5.74, 6) is 2.01. The summed E-state index contributed by atoms with van der Waals surface area (Å²) in [6, 6.07) is 23.4. The maximum atomic E-state index is 8.75. The van der Waals surface area contributed by atoms with Crippen molar-refractivity contribution in [2.75, 3.05) is 20.3 Å². The smallest absolute Gasteiger partial charge is 0.132 e. The number of rotatable bonds is 8. The third-order valence-electron chi connectivity index (χ3n) is 3.99. The fraction of sp³-hybridized carbons (Fsp3) is 0.136. The molecule has 3 rings (SSSR count). The normalized spacial score (nSPS) is 10.7. The second-order valence-electron chi connectivity index (χ2n) is 5.74. The standard InChI is InChI=1S/C22H21NO4/c1-25-21-12-9-19(16-23-24)22(15-21)27-14-13-26-20-10-7-18(8-11-20)17-5-3-2-4-6-17/h2-12,15-16,24H,13-14H2,1H3. The minimum atomic E-state index is 0.347. The van der Waals surface area contributed by atoms with Crippen LogP contribution in [0.2, 0.25) is 0 Å². The van der Waals surface area contributed by atoms with Gasteiger partial charge in [-0.05, 0) is 35.4 Å². The number of nitrogens with zero attached hydrogens (tertiary/aromatic N) is 1. The topological polar surface area (TPSA) is 60.3 Å². The van der Waals surface area contributed by atoms with Gasteiger partial charge in [-0.15, -0.1) is 0 Å². The van der Waals surface area contributed by atoms with Crippen molar-refractivity contribution in [3.63, 3.8) is 0 Å². The van der Waals surface area contributed by atoms with Gasteiger partial charge in [0.05, 0.1) is 13.3 Å². The zero-order chi connectivity index (χ0) is 18.9. The van der Waals surface area contributed by atoms with E-state index in [9.17, 15) is 0 Å². The second-order valence-corrected chi connectivity index (χ2v) is 5.74. The molecule has 0 unspecified atom stereocenters. The van der Waals surface area contributed by atoms with Gasteiger partial charge in [0.15, 0.2) is 0 Å². The first kappa shape index (κ1) is 18.3. The van der Waals surface area contributed by atoms with E-state index in [0.29, 0.717) is 30.3 Å². The molecule has 0 bridgehead atoms. The van der Waals surface area contributed by atoms with E-state index in [1.807, 2.05) is 42.5 Å². The number of methoxy groups -OCH3 is 1. The molecule has 5 nitrogen and oxygen atoms in total. The van der Waals surface area contributed by atoms with Crippen molar-refractivity contribution in [3.05, 3.63) is 78.4 Å². The monoisotopic (exact) mass is 363 g/mol. The highest BCUT2D eigenvalue weighted by molar-refractivity contribution is 5.83. The van der Waals surface area contributed by atoms with Gasteiger partial charge in [-0.2, -0.15) is 0 Å². The van der Waals surface area contributed by atoms with E-state index in [0.717, 1.165) is 11.3 Å². The molecule has 0 aromatic heterocycles. The van der Waals surface area contributed by atoms with Gasteiger partial charge in [0.25, 0.3) is 0 Å². The summed E-state index contributed by atoms with van der Waals surface area (Å²) in [4.78, 5) is 0. The average Bonchev–Trinajstić information content (AvgIpc) is 2.73. The molecule has 3 aromatic carbocycles. The van der Waals surface area contributed by atoms with E-state index in [2.05, 4.69) is 17.3 Å². The van der Waals surface area contributed by atoms with Crippen molar-refractivity contribution >= 4 is 6.21 Å². The molecule has 3 aromatic rings. The Balaban J connectivity index is 1.55. The molecule has 0 saturated carbocycles. The first-order chi connectivity index (χ1) is 13.3.